The second-order valence-corrected chi connectivity index (χ2v) is 6.97. The Balaban J connectivity index is 1.44. The lowest BCUT2D eigenvalue weighted by molar-refractivity contribution is -0.149. The molecule has 1 N–H and O–H groups in total. The fourth-order valence-corrected chi connectivity index (χ4v) is 3.83. The number of ether oxygens (including phenoxy) is 1. The molecule has 6 heteroatoms. The highest BCUT2D eigenvalue weighted by atomic mass is 16.5. The standard InChI is InChI=1S/C19H27N3O3/c1-2-25-18(23)14-5-7-17(8-6-14)21-19(24)22-11-9-16(13-22)15-4-3-10-20-12-15/h3-4,10,12,14,16-17H,2,5-9,11,13H2,1H3,(H,21,24). The van der Waals surface area contributed by atoms with Gasteiger partial charge in [0.15, 0.2) is 0 Å². The van der Waals surface area contributed by atoms with E-state index in [9.17, 15) is 9.59 Å². The number of urea groups is 1. The summed E-state index contributed by atoms with van der Waals surface area (Å²) in [6.07, 6.45) is 7.92. The number of rotatable bonds is 4. The van der Waals surface area contributed by atoms with E-state index in [1.54, 1.807) is 6.20 Å². The Labute approximate surface area is 148 Å². The summed E-state index contributed by atoms with van der Waals surface area (Å²) >= 11 is 0. The van der Waals surface area contributed by atoms with Crippen LogP contribution in [0.1, 0.15) is 50.5 Å². The Morgan fingerprint density at radius 1 is 1.28 bits per heavy atom. The van der Waals surface area contributed by atoms with E-state index in [2.05, 4.69) is 16.4 Å². The van der Waals surface area contributed by atoms with Crippen LogP contribution < -0.4 is 5.32 Å². The minimum absolute atomic E-state index is 0.00477. The first-order chi connectivity index (χ1) is 12.2. The first-order valence-corrected chi connectivity index (χ1v) is 9.29. The summed E-state index contributed by atoms with van der Waals surface area (Å²) in [7, 11) is 0. The van der Waals surface area contributed by atoms with Gasteiger partial charge in [0.1, 0.15) is 0 Å². The van der Waals surface area contributed by atoms with Crippen molar-refractivity contribution in [2.24, 2.45) is 5.92 Å². The number of aromatic nitrogens is 1. The van der Waals surface area contributed by atoms with Crippen molar-refractivity contribution in [3.8, 4) is 0 Å². The molecule has 0 aromatic carbocycles. The molecule has 3 rings (SSSR count). The number of pyridine rings is 1. The minimum Gasteiger partial charge on any atom is -0.466 e. The van der Waals surface area contributed by atoms with Gasteiger partial charge in [-0.05, 0) is 50.7 Å². The van der Waals surface area contributed by atoms with Crippen molar-refractivity contribution < 1.29 is 14.3 Å². The van der Waals surface area contributed by atoms with Crippen molar-refractivity contribution >= 4 is 12.0 Å². The van der Waals surface area contributed by atoms with Gasteiger partial charge in [0.25, 0.3) is 0 Å². The van der Waals surface area contributed by atoms with Crippen LogP contribution in [0, 0.1) is 5.92 Å². The lowest BCUT2D eigenvalue weighted by Gasteiger charge is -2.29. The number of nitrogens with one attached hydrogen (secondary N) is 1. The van der Waals surface area contributed by atoms with Crippen LogP contribution in [-0.2, 0) is 9.53 Å². The van der Waals surface area contributed by atoms with Gasteiger partial charge in [0.05, 0.1) is 12.5 Å². The molecule has 136 valence electrons. The van der Waals surface area contributed by atoms with E-state index in [0.29, 0.717) is 12.5 Å². The number of hydrogen-bond donors (Lipinski definition) is 1. The molecule has 1 aromatic rings. The maximum Gasteiger partial charge on any atom is 0.317 e. The Morgan fingerprint density at radius 2 is 2.08 bits per heavy atom. The third-order valence-corrected chi connectivity index (χ3v) is 5.31. The van der Waals surface area contributed by atoms with Gasteiger partial charge in [-0.25, -0.2) is 4.79 Å². The molecule has 0 radical (unpaired) electrons. The Bertz CT molecular complexity index is 585. The molecule has 2 heterocycles. The van der Waals surface area contributed by atoms with Crippen LogP contribution in [0.4, 0.5) is 4.79 Å². The fourth-order valence-electron chi connectivity index (χ4n) is 3.83. The molecule has 1 atom stereocenters. The van der Waals surface area contributed by atoms with Crippen LogP contribution in [0.2, 0.25) is 0 Å². The highest BCUT2D eigenvalue weighted by Gasteiger charge is 2.31. The summed E-state index contributed by atoms with van der Waals surface area (Å²) in [4.78, 5) is 30.4. The van der Waals surface area contributed by atoms with Crippen LogP contribution >= 0.6 is 0 Å². The summed E-state index contributed by atoms with van der Waals surface area (Å²) in [6.45, 7) is 3.79. The van der Waals surface area contributed by atoms with Gasteiger partial charge in [-0.2, -0.15) is 0 Å². The molecular formula is C19H27N3O3. The summed E-state index contributed by atoms with van der Waals surface area (Å²) in [5.74, 6) is 0.278. The van der Waals surface area contributed by atoms with Crippen LogP contribution in [0.3, 0.4) is 0 Å². The van der Waals surface area contributed by atoms with E-state index >= 15 is 0 Å². The number of likely N-dealkylation sites (tertiary alicyclic amines) is 1. The number of carbonyl (C=O) groups is 2. The zero-order chi connectivity index (χ0) is 17.6. The van der Waals surface area contributed by atoms with Crippen molar-refractivity contribution in [3.63, 3.8) is 0 Å². The highest BCUT2D eigenvalue weighted by molar-refractivity contribution is 5.75. The molecule has 0 spiro atoms. The summed E-state index contributed by atoms with van der Waals surface area (Å²) in [5, 5.41) is 3.14. The van der Waals surface area contributed by atoms with Crippen LogP contribution in [0.25, 0.3) is 0 Å². The zero-order valence-corrected chi connectivity index (χ0v) is 14.8. The van der Waals surface area contributed by atoms with E-state index in [1.807, 2.05) is 24.1 Å². The number of nitrogens with zero attached hydrogens (tertiary/aromatic N) is 2. The zero-order valence-electron chi connectivity index (χ0n) is 14.8. The first-order valence-electron chi connectivity index (χ1n) is 9.29. The van der Waals surface area contributed by atoms with Crippen LogP contribution in [0.5, 0.6) is 0 Å². The van der Waals surface area contributed by atoms with Crippen molar-refractivity contribution in [1.29, 1.82) is 0 Å². The Kier molecular flexibility index (Phi) is 5.89. The normalized spacial score (nSPS) is 26.3. The molecule has 1 aromatic heterocycles. The van der Waals surface area contributed by atoms with Crippen molar-refractivity contribution in [1.82, 2.24) is 15.2 Å². The molecule has 1 aliphatic carbocycles. The van der Waals surface area contributed by atoms with E-state index < -0.39 is 0 Å². The first kappa shape index (κ1) is 17.7. The molecule has 1 saturated heterocycles. The van der Waals surface area contributed by atoms with E-state index in [0.717, 1.165) is 45.2 Å². The second-order valence-electron chi connectivity index (χ2n) is 6.97. The third kappa shape index (κ3) is 4.50. The monoisotopic (exact) mass is 345 g/mol. The van der Waals surface area contributed by atoms with Crippen LogP contribution in [0.15, 0.2) is 24.5 Å². The van der Waals surface area contributed by atoms with Gasteiger partial charge >= 0.3 is 12.0 Å². The number of hydrogen-bond acceptors (Lipinski definition) is 4. The molecule has 1 saturated carbocycles. The summed E-state index contributed by atoms with van der Waals surface area (Å²) < 4.78 is 5.09. The SMILES string of the molecule is CCOC(=O)C1CCC(NC(=O)N2CCC(c3cccnc3)C2)CC1. The molecule has 2 fully saturated rings. The van der Waals surface area contributed by atoms with E-state index in [-0.39, 0.29) is 24.0 Å². The molecule has 1 unspecified atom stereocenters. The Morgan fingerprint density at radius 3 is 2.76 bits per heavy atom. The fraction of sp³-hybridized carbons (Fsp3) is 0.632. The van der Waals surface area contributed by atoms with Gasteiger partial charge in [-0.3, -0.25) is 9.78 Å². The predicted octanol–water partition coefficient (Wildman–Crippen LogP) is 2.70. The second kappa shape index (κ2) is 8.32. The predicted molar refractivity (Wildman–Crippen MR) is 94.1 cm³/mol. The lowest BCUT2D eigenvalue weighted by atomic mass is 9.86. The van der Waals surface area contributed by atoms with Gasteiger partial charge < -0.3 is 15.0 Å². The summed E-state index contributed by atoms with van der Waals surface area (Å²) in [6, 6.07) is 4.21. The average Bonchev–Trinajstić information content (AvgIpc) is 3.13. The molecular weight excluding hydrogens is 318 g/mol. The number of amides is 2. The van der Waals surface area contributed by atoms with E-state index in [4.69, 9.17) is 4.74 Å². The molecule has 2 aliphatic rings. The largest absolute Gasteiger partial charge is 0.466 e. The molecule has 0 bridgehead atoms. The molecule has 2 amide bonds. The van der Waals surface area contributed by atoms with E-state index in [1.165, 1.54) is 5.56 Å². The van der Waals surface area contributed by atoms with Crippen molar-refractivity contribution in [3.05, 3.63) is 30.1 Å². The smallest absolute Gasteiger partial charge is 0.317 e. The highest BCUT2D eigenvalue weighted by Crippen LogP contribution is 2.28. The van der Waals surface area contributed by atoms with Crippen molar-refractivity contribution in [2.45, 2.75) is 51.0 Å². The van der Waals surface area contributed by atoms with Gasteiger partial charge in [-0.15, -0.1) is 0 Å². The molecule has 6 nitrogen and oxygen atoms in total. The van der Waals surface area contributed by atoms with Crippen LogP contribution in [-0.4, -0.2) is 47.6 Å². The maximum absolute atomic E-state index is 12.5. The minimum atomic E-state index is -0.0915. The summed E-state index contributed by atoms with van der Waals surface area (Å²) in [5.41, 5.74) is 1.20. The van der Waals surface area contributed by atoms with Gasteiger partial charge in [0, 0.05) is 37.4 Å². The molecule has 1 aliphatic heterocycles. The number of carbonyl (C=O) groups excluding carboxylic acids is 2. The Hall–Kier alpha value is -2.11. The quantitative estimate of drug-likeness (QED) is 0.852. The van der Waals surface area contributed by atoms with Crippen molar-refractivity contribution in [2.75, 3.05) is 19.7 Å². The number of esters is 1. The van der Waals surface area contributed by atoms with Gasteiger partial charge in [0.2, 0.25) is 0 Å². The topological polar surface area (TPSA) is 71.5 Å². The lowest BCUT2D eigenvalue weighted by Crippen LogP contribution is -2.45. The average molecular weight is 345 g/mol. The van der Waals surface area contributed by atoms with Gasteiger partial charge in [-0.1, -0.05) is 6.07 Å². The maximum atomic E-state index is 12.5. The molecule has 25 heavy (non-hydrogen) atoms. The third-order valence-electron chi connectivity index (χ3n) is 5.31.